The van der Waals surface area contributed by atoms with Crippen molar-refractivity contribution in [3.8, 4) is 23.0 Å². The van der Waals surface area contributed by atoms with Crippen molar-refractivity contribution in [3.05, 3.63) is 189 Å². The second kappa shape index (κ2) is 18.8. The number of phenolic OH excluding ortho intramolecular Hbond substituents is 4. The van der Waals surface area contributed by atoms with Crippen molar-refractivity contribution in [1.82, 2.24) is 5.32 Å². The van der Waals surface area contributed by atoms with Gasteiger partial charge in [-0.15, -0.1) is 0 Å². The first-order chi connectivity index (χ1) is 30.6. The Balaban J connectivity index is 0.000000223. The minimum absolute atomic E-state index is 0.00579. The smallest absolute Gasteiger partial charge is 0.339 e. The molecule has 12 N–H and O–H groups in total. The molecule has 3 aliphatic rings. The molecule has 0 spiro atoms. The maximum Gasteiger partial charge on any atom is 0.339 e. The number of carboxylic acid groups (broad SMARTS) is 1. The second-order valence-corrected chi connectivity index (χ2v) is 15.6. The number of phenols is 4. The van der Waals surface area contributed by atoms with Crippen LogP contribution in [0.5, 0.6) is 23.0 Å². The van der Waals surface area contributed by atoms with Crippen LogP contribution in [0.4, 0.5) is 0 Å². The van der Waals surface area contributed by atoms with Crippen molar-refractivity contribution in [3.63, 3.8) is 0 Å². The number of hydrogen-bond donors (Lipinski definition) is 10. The molecule has 0 aromatic heterocycles. The van der Waals surface area contributed by atoms with Gasteiger partial charge in [-0.3, -0.25) is 9.59 Å². The van der Waals surface area contributed by atoms with Crippen LogP contribution < -0.4 is 16.8 Å². The third-order valence-electron chi connectivity index (χ3n) is 11.4. The molecule has 6 aromatic rings. The van der Waals surface area contributed by atoms with Crippen molar-refractivity contribution in [2.45, 2.75) is 55.7 Å². The molecule has 9 rings (SSSR count). The third kappa shape index (κ3) is 9.28. The van der Waals surface area contributed by atoms with Crippen LogP contribution in [-0.2, 0) is 24.0 Å². The van der Waals surface area contributed by atoms with Crippen molar-refractivity contribution < 1.29 is 59.7 Å². The van der Waals surface area contributed by atoms with Gasteiger partial charge < -0.3 is 57.3 Å². The molecule has 3 aliphatic carbocycles. The van der Waals surface area contributed by atoms with Gasteiger partial charge in [-0.2, -0.15) is 0 Å². The zero-order valence-corrected chi connectivity index (χ0v) is 34.0. The lowest BCUT2D eigenvalue weighted by Crippen LogP contribution is -2.39. The fourth-order valence-electron chi connectivity index (χ4n) is 8.13. The van der Waals surface area contributed by atoms with E-state index in [1.807, 2.05) is 54.6 Å². The first-order valence-electron chi connectivity index (χ1n) is 20.2. The van der Waals surface area contributed by atoms with Crippen LogP contribution in [0.1, 0.15) is 98.7 Å². The van der Waals surface area contributed by atoms with Crippen molar-refractivity contribution in [2.75, 3.05) is 0 Å². The zero-order chi connectivity index (χ0) is 45.8. The number of rotatable bonds is 7. The summed E-state index contributed by atoms with van der Waals surface area (Å²) in [6.45, 7) is 0. The van der Waals surface area contributed by atoms with Gasteiger partial charge in [-0.25, -0.2) is 9.59 Å². The SMILES string of the molecule is NC1Cc2ccccc2C1O.NC1Cc2ccccc2C1O.O=C(NC1Cc2ccccc2C1OC(=O)c1cc(O)c(C(=O)c2c(O)cccc2C(=O)O)c(O)c1)c1ccc(O)cc1. The number of carbonyl (C=O) groups is 4. The fraction of sp³-hybridized carbons (Fsp3) is 0.184. The van der Waals surface area contributed by atoms with Gasteiger partial charge in [0.15, 0.2) is 0 Å². The molecule has 15 heteroatoms. The summed E-state index contributed by atoms with van der Waals surface area (Å²) >= 11 is 0. The highest BCUT2D eigenvalue weighted by Gasteiger charge is 2.37. The van der Waals surface area contributed by atoms with E-state index in [0.717, 1.165) is 53.8 Å². The summed E-state index contributed by atoms with van der Waals surface area (Å²) in [5, 5.41) is 72.2. The number of aliphatic hydroxyl groups is 2. The summed E-state index contributed by atoms with van der Waals surface area (Å²) < 4.78 is 5.74. The van der Waals surface area contributed by atoms with E-state index < -0.39 is 81.9 Å². The maximum atomic E-state index is 13.2. The van der Waals surface area contributed by atoms with Gasteiger partial charge in [-0.05, 0) is 101 Å². The number of ether oxygens (including phenoxy) is 1. The molecule has 6 atom stereocenters. The Bertz CT molecular complexity index is 2660. The van der Waals surface area contributed by atoms with Gasteiger partial charge in [0.1, 0.15) is 34.7 Å². The molecule has 64 heavy (non-hydrogen) atoms. The molecule has 328 valence electrons. The van der Waals surface area contributed by atoms with Crippen molar-refractivity contribution in [2.24, 2.45) is 11.5 Å². The van der Waals surface area contributed by atoms with Gasteiger partial charge in [0, 0.05) is 17.6 Å². The fourth-order valence-corrected chi connectivity index (χ4v) is 8.13. The lowest BCUT2D eigenvalue weighted by Gasteiger charge is -2.22. The molecule has 15 nitrogen and oxygen atoms in total. The molecule has 0 aliphatic heterocycles. The number of esters is 1. The molecule has 0 heterocycles. The van der Waals surface area contributed by atoms with Crippen LogP contribution >= 0.6 is 0 Å². The van der Waals surface area contributed by atoms with Gasteiger partial charge >= 0.3 is 11.9 Å². The van der Waals surface area contributed by atoms with Gasteiger partial charge in [0.25, 0.3) is 5.91 Å². The summed E-state index contributed by atoms with van der Waals surface area (Å²) in [5.74, 6) is -6.53. The van der Waals surface area contributed by atoms with E-state index in [9.17, 15) is 54.9 Å². The molecule has 0 saturated heterocycles. The molecule has 0 bridgehead atoms. The predicted octanol–water partition coefficient (Wildman–Crippen LogP) is 4.90. The summed E-state index contributed by atoms with van der Waals surface area (Å²) in [7, 11) is 0. The summed E-state index contributed by atoms with van der Waals surface area (Å²) in [6, 6.07) is 32.7. The Morgan fingerprint density at radius 2 is 1.06 bits per heavy atom. The maximum absolute atomic E-state index is 13.2. The van der Waals surface area contributed by atoms with Gasteiger partial charge in [0.05, 0.1) is 34.9 Å². The summed E-state index contributed by atoms with van der Waals surface area (Å²) in [4.78, 5) is 50.8. The van der Waals surface area contributed by atoms with E-state index in [1.165, 1.54) is 41.5 Å². The number of amides is 1. The largest absolute Gasteiger partial charge is 0.508 e. The lowest BCUT2D eigenvalue weighted by molar-refractivity contribution is 0.0223. The standard InChI is InChI=1S/C31H23NO10.2C9H11NO/c33-18-10-8-15(9-11-18)29(38)32-21-12-16-4-1-2-5-19(16)28(21)42-31(41)17-13-23(35)26(24(36)14-17)27(37)25-20(30(39)40)6-3-7-22(25)34;2*10-8-5-6-3-1-2-4-7(6)9(8)11/h1-11,13-14,21,28,33-36H,12H2,(H,32,38)(H,39,40);2*1-4,8-9,11H,5,10H2. The highest BCUT2D eigenvalue weighted by Crippen LogP contribution is 2.38. The van der Waals surface area contributed by atoms with Crippen LogP contribution in [0.25, 0.3) is 0 Å². The van der Waals surface area contributed by atoms with Crippen LogP contribution in [0, 0.1) is 0 Å². The number of aromatic carboxylic acids is 1. The Labute approximate surface area is 366 Å². The molecule has 0 radical (unpaired) electrons. The normalized spacial score (nSPS) is 19.9. The number of fused-ring (bicyclic) bond motifs is 3. The number of aliphatic hydroxyl groups excluding tert-OH is 2. The number of carboxylic acids is 1. The molecular weight excluding hydrogens is 823 g/mol. The number of nitrogens with two attached hydrogens (primary N) is 2. The minimum Gasteiger partial charge on any atom is -0.508 e. The number of benzene rings is 6. The average molecular weight is 868 g/mol. The minimum atomic E-state index is -1.52. The van der Waals surface area contributed by atoms with E-state index in [1.54, 1.807) is 18.2 Å². The first-order valence-corrected chi connectivity index (χ1v) is 20.2. The van der Waals surface area contributed by atoms with Crippen LogP contribution in [0.3, 0.4) is 0 Å². The van der Waals surface area contributed by atoms with E-state index in [0.29, 0.717) is 12.0 Å². The molecule has 6 aromatic carbocycles. The summed E-state index contributed by atoms with van der Waals surface area (Å²) in [5.41, 5.74) is 15.2. The Kier molecular flexibility index (Phi) is 13.1. The number of hydrogen-bond acceptors (Lipinski definition) is 13. The Morgan fingerprint density at radius 1 is 0.562 bits per heavy atom. The van der Waals surface area contributed by atoms with Crippen molar-refractivity contribution in [1.29, 1.82) is 0 Å². The van der Waals surface area contributed by atoms with Gasteiger partial charge in [0.2, 0.25) is 5.78 Å². The van der Waals surface area contributed by atoms with Crippen LogP contribution in [0.2, 0.25) is 0 Å². The number of nitrogens with one attached hydrogen (secondary N) is 1. The summed E-state index contributed by atoms with van der Waals surface area (Å²) in [6.07, 6.45) is 0.0976. The molecule has 6 unspecified atom stereocenters. The molecular formula is C49H45N3O12. The predicted molar refractivity (Wildman–Crippen MR) is 232 cm³/mol. The zero-order valence-electron chi connectivity index (χ0n) is 34.0. The van der Waals surface area contributed by atoms with Gasteiger partial charge in [-0.1, -0.05) is 78.9 Å². The first kappa shape index (κ1) is 44.5. The van der Waals surface area contributed by atoms with Crippen LogP contribution in [-0.4, -0.2) is 77.5 Å². The molecule has 0 fully saturated rings. The van der Waals surface area contributed by atoms with Crippen LogP contribution in [0.15, 0.2) is 127 Å². The Morgan fingerprint density at radius 3 is 1.58 bits per heavy atom. The second-order valence-electron chi connectivity index (χ2n) is 15.6. The van der Waals surface area contributed by atoms with E-state index in [4.69, 9.17) is 16.2 Å². The van der Waals surface area contributed by atoms with E-state index >= 15 is 0 Å². The highest BCUT2D eigenvalue weighted by molar-refractivity contribution is 6.18. The average Bonchev–Trinajstić information content (AvgIpc) is 3.88. The highest BCUT2D eigenvalue weighted by atomic mass is 16.5. The monoisotopic (exact) mass is 867 g/mol. The quantitative estimate of drug-likeness (QED) is 0.0755. The van der Waals surface area contributed by atoms with Crippen molar-refractivity contribution >= 4 is 23.6 Å². The molecule has 0 saturated carbocycles. The number of aromatic hydroxyl groups is 4. The number of ketones is 1. The Hall–Kier alpha value is -7.56. The number of carbonyl (C=O) groups excluding carboxylic acids is 3. The van der Waals surface area contributed by atoms with E-state index in [-0.39, 0.29) is 29.0 Å². The lowest BCUT2D eigenvalue weighted by atomic mass is 9.95. The topological polar surface area (TPSA) is 283 Å². The third-order valence-corrected chi connectivity index (χ3v) is 11.4. The molecule has 1 amide bonds. The van der Waals surface area contributed by atoms with E-state index in [2.05, 4.69) is 5.32 Å².